The molecule has 0 atom stereocenters. The molecule has 0 aliphatic carbocycles. The third-order valence-electron chi connectivity index (χ3n) is 5.43. The number of aliphatic imine (C=N–C) groups is 1. The molecule has 7 nitrogen and oxygen atoms in total. The van der Waals surface area contributed by atoms with Crippen molar-refractivity contribution in [2.45, 2.75) is 33.1 Å². The molecule has 0 amide bonds. The Kier molecular flexibility index (Phi) is 16.6. The summed E-state index contributed by atoms with van der Waals surface area (Å²) in [6.07, 6.45) is 3.29. The standard InChI is InChI=1S/C24H43N5O2.HI/c1-4-25-24(27-12-8-18-31-20-19-30-3)26-11-5-6-13-28-14-16-29(17-15-28)23-10-7-9-22(2)21-23;/h7,9-10,21H,4-6,8,11-20H2,1-3H3,(H2,25,26,27);1H. The molecule has 0 bridgehead atoms. The van der Waals surface area contributed by atoms with Crippen LogP contribution in [-0.4, -0.2) is 90.1 Å². The second kappa shape index (κ2) is 18.3. The number of ether oxygens (including phenoxy) is 2. The van der Waals surface area contributed by atoms with Crippen LogP contribution in [0.5, 0.6) is 0 Å². The number of unbranched alkanes of at least 4 members (excludes halogenated alkanes) is 1. The van der Waals surface area contributed by atoms with Crippen LogP contribution < -0.4 is 15.5 Å². The van der Waals surface area contributed by atoms with Gasteiger partial charge in [0.25, 0.3) is 0 Å². The zero-order chi connectivity index (χ0) is 22.2. The monoisotopic (exact) mass is 561 g/mol. The number of aryl methyl sites for hydroxylation is 1. The van der Waals surface area contributed by atoms with E-state index in [0.29, 0.717) is 13.2 Å². The largest absolute Gasteiger partial charge is 0.382 e. The van der Waals surface area contributed by atoms with E-state index in [2.05, 4.69) is 63.5 Å². The first-order valence-corrected chi connectivity index (χ1v) is 11.9. The highest BCUT2D eigenvalue weighted by Gasteiger charge is 2.16. The molecule has 0 unspecified atom stereocenters. The molecular formula is C24H44IN5O2. The van der Waals surface area contributed by atoms with Gasteiger partial charge in [-0.05, 0) is 57.4 Å². The van der Waals surface area contributed by atoms with Gasteiger partial charge < -0.3 is 25.0 Å². The number of guanidine groups is 1. The Labute approximate surface area is 212 Å². The Hall–Kier alpha value is -1.10. The summed E-state index contributed by atoms with van der Waals surface area (Å²) >= 11 is 0. The smallest absolute Gasteiger partial charge is 0.191 e. The summed E-state index contributed by atoms with van der Waals surface area (Å²) in [5.41, 5.74) is 2.70. The molecule has 8 heteroatoms. The molecular weight excluding hydrogens is 517 g/mol. The Bertz CT molecular complexity index is 624. The molecule has 1 aromatic carbocycles. The van der Waals surface area contributed by atoms with E-state index in [1.165, 1.54) is 24.2 Å². The van der Waals surface area contributed by atoms with Crippen LogP contribution in [0.2, 0.25) is 0 Å². The number of methoxy groups -OCH3 is 1. The van der Waals surface area contributed by atoms with Gasteiger partial charge in [-0.3, -0.25) is 9.89 Å². The first kappa shape index (κ1) is 28.9. The molecule has 0 saturated carbocycles. The third kappa shape index (κ3) is 12.2. The molecule has 2 N–H and O–H groups in total. The van der Waals surface area contributed by atoms with Gasteiger partial charge in [-0.15, -0.1) is 24.0 Å². The first-order chi connectivity index (χ1) is 15.2. The van der Waals surface area contributed by atoms with Crippen LogP contribution in [0, 0.1) is 6.92 Å². The van der Waals surface area contributed by atoms with Gasteiger partial charge in [-0.1, -0.05) is 12.1 Å². The second-order valence-corrected chi connectivity index (χ2v) is 8.02. The summed E-state index contributed by atoms with van der Waals surface area (Å²) in [6.45, 7) is 14.6. The SMILES string of the molecule is CCNC(=NCCCOCCOC)NCCCCN1CCN(c2cccc(C)c2)CC1.I. The van der Waals surface area contributed by atoms with Gasteiger partial charge in [0, 0.05) is 65.2 Å². The molecule has 1 aliphatic heterocycles. The quantitative estimate of drug-likeness (QED) is 0.158. The number of benzene rings is 1. The lowest BCUT2D eigenvalue weighted by Crippen LogP contribution is -2.46. The fourth-order valence-corrected chi connectivity index (χ4v) is 3.67. The Morgan fingerprint density at radius 3 is 2.56 bits per heavy atom. The van der Waals surface area contributed by atoms with Crippen molar-refractivity contribution in [3.63, 3.8) is 0 Å². The first-order valence-electron chi connectivity index (χ1n) is 11.9. The van der Waals surface area contributed by atoms with Crippen molar-refractivity contribution in [1.82, 2.24) is 15.5 Å². The zero-order valence-corrected chi connectivity index (χ0v) is 22.6. The van der Waals surface area contributed by atoms with Crippen LogP contribution >= 0.6 is 24.0 Å². The molecule has 0 spiro atoms. The van der Waals surface area contributed by atoms with Gasteiger partial charge in [-0.2, -0.15) is 0 Å². The maximum Gasteiger partial charge on any atom is 0.191 e. The number of hydrogen-bond donors (Lipinski definition) is 2. The van der Waals surface area contributed by atoms with E-state index in [4.69, 9.17) is 9.47 Å². The second-order valence-electron chi connectivity index (χ2n) is 8.02. The zero-order valence-electron chi connectivity index (χ0n) is 20.3. The van der Waals surface area contributed by atoms with Gasteiger partial charge in [0.05, 0.1) is 13.2 Å². The third-order valence-corrected chi connectivity index (χ3v) is 5.43. The van der Waals surface area contributed by atoms with Crippen LogP contribution in [0.25, 0.3) is 0 Å². The fraction of sp³-hybridized carbons (Fsp3) is 0.708. The van der Waals surface area contributed by atoms with Gasteiger partial charge in [0.1, 0.15) is 0 Å². The summed E-state index contributed by atoms with van der Waals surface area (Å²) in [4.78, 5) is 9.73. The van der Waals surface area contributed by atoms with E-state index >= 15 is 0 Å². The minimum absolute atomic E-state index is 0. The van der Waals surface area contributed by atoms with Gasteiger partial charge in [0.15, 0.2) is 5.96 Å². The lowest BCUT2D eigenvalue weighted by Gasteiger charge is -2.36. The summed E-state index contributed by atoms with van der Waals surface area (Å²) in [5, 5.41) is 6.78. The molecule has 1 fully saturated rings. The number of halogens is 1. The van der Waals surface area contributed by atoms with E-state index in [1.807, 2.05) is 0 Å². The molecule has 0 radical (unpaired) electrons. The average Bonchev–Trinajstić information content (AvgIpc) is 2.78. The number of rotatable bonds is 14. The number of piperazine rings is 1. The van der Waals surface area contributed by atoms with Crippen molar-refractivity contribution in [3.8, 4) is 0 Å². The van der Waals surface area contributed by atoms with Crippen molar-refractivity contribution in [2.75, 3.05) is 84.2 Å². The van der Waals surface area contributed by atoms with E-state index in [1.54, 1.807) is 7.11 Å². The molecule has 184 valence electrons. The fourth-order valence-electron chi connectivity index (χ4n) is 3.67. The number of nitrogens with zero attached hydrogens (tertiary/aromatic N) is 3. The van der Waals surface area contributed by atoms with Crippen LogP contribution in [0.3, 0.4) is 0 Å². The molecule has 1 aliphatic rings. The minimum atomic E-state index is 0. The highest BCUT2D eigenvalue weighted by Crippen LogP contribution is 2.17. The Balaban J connectivity index is 0.00000512. The maximum absolute atomic E-state index is 5.48. The molecule has 1 heterocycles. The molecule has 32 heavy (non-hydrogen) atoms. The summed E-state index contributed by atoms with van der Waals surface area (Å²) < 4.78 is 10.5. The van der Waals surface area contributed by atoms with Crippen LogP contribution in [0.15, 0.2) is 29.3 Å². The van der Waals surface area contributed by atoms with Crippen LogP contribution in [-0.2, 0) is 9.47 Å². The van der Waals surface area contributed by atoms with Crippen molar-refractivity contribution >= 4 is 35.6 Å². The lowest BCUT2D eigenvalue weighted by atomic mass is 10.2. The topological polar surface area (TPSA) is 61.4 Å². The van der Waals surface area contributed by atoms with Crippen molar-refractivity contribution in [2.24, 2.45) is 4.99 Å². The lowest BCUT2D eigenvalue weighted by molar-refractivity contribution is 0.0702. The minimum Gasteiger partial charge on any atom is -0.382 e. The molecule has 0 aromatic heterocycles. The van der Waals surface area contributed by atoms with E-state index in [-0.39, 0.29) is 24.0 Å². The maximum atomic E-state index is 5.48. The number of nitrogens with one attached hydrogen (secondary N) is 2. The van der Waals surface area contributed by atoms with Crippen LogP contribution in [0.4, 0.5) is 5.69 Å². The molecule has 1 aromatic rings. The predicted molar refractivity (Wildman–Crippen MR) is 146 cm³/mol. The van der Waals surface area contributed by atoms with E-state index in [9.17, 15) is 0 Å². The Morgan fingerprint density at radius 1 is 1.03 bits per heavy atom. The summed E-state index contributed by atoms with van der Waals surface area (Å²) in [6, 6.07) is 8.84. The molecule has 1 saturated heterocycles. The van der Waals surface area contributed by atoms with Gasteiger partial charge >= 0.3 is 0 Å². The number of anilines is 1. The van der Waals surface area contributed by atoms with Crippen molar-refractivity contribution in [1.29, 1.82) is 0 Å². The predicted octanol–water partition coefficient (Wildman–Crippen LogP) is 3.12. The van der Waals surface area contributed by atoms with Crippen LogP contribution in [0.1, 0.15) is 31.7 Å². The average molecular weight is 562 g/mol. The number of hydrogen-bond acceptors (Lipinski definition) is 5. The van der Waals surface area contributed by atoms with Gasteiger partial charge in [0.2, 0.25) is 0 Å². The van der Waals surface area contributed by atoms with E-state index in [0.717, 1.165) is 71.2 Å². The summed E-state index contributed by atoms with van der Waals surface area (Å²) in [5.74, 6) is 0.908. The van der Waals surface area contributed by atoms with Gasteiger partial charge in [-0.25, -0.2) is 0 Å². The highest BCUT2D eigenvalue weighted by molar-refractivity contribution is 14.0. The van der Waals surface area contributed by atoms with Crippen molar-refractivity contribution in [3.05, 3.63) is 29.8 Å². The molecule has 2 rings (SSSR count). The Morgan fingerprint density at radius 2 is 1.84 bits per heavy atom. The highest BCUT2D eigenvalue weighted by atomic mass is 127. The van der Waals surface area contributed by atoms with Crippen molar-refractivity contribution < 1.29 is 9.47 Å². The summed E-state index contributed by atoms with van der Waals surface area (Å²) in [7, 11) is 1.69. The normalized spacial score (nSPS) is 14.8. The van der Waals surface area contributed by atoms with E-state index < -0.39 is 0 Å².